The average Bonchev–Trinajstić information content (AvgIpc) is 2.67. The van der Waals surface area contributed by atoms with E-state index >= 15 is 0 Å². The van der Waals surface area contributed by atoms with Crippen LogP contribution in [0.3, 0.4) is 0 Å². The van der Waals surface area contributed by atoms with Gasteiger partial charge in [-0.05, 0) is 50.2 Å². The second-order valence-electron chi connectivity index (χ2n) is 6.62. The summed E-state index contributed by atoms with van der Waals surface area (Å²) >= 11 is 0. The number of hydrogen-bond acceptors (Lipinski definition) is 5. The predicted octanol–water partition coefficient (Wildman–Crippen LogP) is 2.88. The highest BCUT2D eigenvalue weighted by Crippen LogP contribution is 2.22. The standard InChI is InChI=1S/C20H20N4O4S/c1-13(2)22-20(26)23-16-8-6-14(7-9-16)19(25)24-29(27,28)18-5-3-4-15-12-21-11-10-17(15)18/h3-13H,1-2H3,(H,24,25)(H2,22,23,26). The highest BCUT2D eigenvalue weighted by molar-refractivity contribution is 7.90. The van der Waals surface area contributed by atoms with E-state index in [1.54, 1.807) is 24.4 Å². The molecule has 0 radical (unpaired) electrons. The highest BCUT2D eigenvalue weighted by atomic mass is 32.2. The Bertz CT molecular complexity index is 1150. The summed E-state index contributed by atoms with van der Waals surface area (Å²) in [5.74, 6) is -0.769. The molecule has 0 saturated carbocycles. The molecule has 0 aliphatic rings. The number of carbonyl (C=O) groups is 2. The van der Waals surface area contributed by atoms with Gasteiger partial charge in [0.05, 0.1) is 4.90 Å². The predicted molar refractivity (Wildman–Crippen MR) is 110 cm³/mol. The van der Waals surface area contributed by atoms with Crippen LogP contribution < -0.4 is 15.4 Å². The van der Waals surface area contributed by atoms with Crippen molar-refractivity contribution in [2.45, 2.75) is 24.8 Å². The molecule has 3 N–H and O–H groups in total. The summed E-state index contributed by atoms with van der Waals surface area (Å²) in [5.41, 5.74) is 0.620. The van der Waals surface area contributed by atoms with Gasteiger partial charge in [-0.3, -0.25) is 9.78 Å². The number of anilines is 1. The first-order valence-electron chi connectivity index (χ1n) is 8.84. The maximum absolute atomic E-state index is 12.7. The number of sulfonamides is 1. The first kappa shape index (κ1) is 20.3. The molecule has 0 bridgehead atoms. The molecule has 150 valence electrons. The molecular weight excluding hydrogens is 392 g/mol. The second kappa shape index (κ2) is 8.27. The normalized spacial score (nSPS) is 11.3. The molecule has 0 fully saturated rings. The largest absolute Gasteiger partial charge is 0.336 e. The Morgan fingerprint density at radius 2 is 1.72 bits per heavy atom. The number of hydrogen-bond donors (Lipinski definition) is 3. The number of urea groups is 1. The maximum atomic E-state index is 12.7. The lowest BCUT2D eigenvalue weighted by Gasteiger charge is -2.11. The monoisotopic (exact) mass is 412 g/mol. The van der Waals surface area contributed by atoms with Gasteiger partial charge in [0.25, 0.3) is 15.9 Å². The van der Waals surface area contributed by atoms with Gasteiger partial charge in [0.15, 0.2) is 0 Å². The number of nitrogens with one attached hydrogen (secondary N) is 3. The van der Waals surface area contributed by atoms with Crippen molar-refractivity contribution in [1.29, 1.82) is 0 Å². The van der Waals surface area contributed by atoms with Gasteiger partial charge < -0.3 is 10.6 Å². The van der Waals surface area contributed by atoms with Crippen molar-refractivity contribution < 1.29 is 18.0 Å². The minimum Gasteiger partial charge on any atom is -0.336 e. The van der Waals surface area contributed by atoms with Crippen LogP contribution in [0.1, 0.15) is 24.2 Å². The fraction of sp³-hybridized carbons (Fsp3) is 0.150. The number of amides is 3. The van der Waals surface area contributed by atoms with Crippen LogP contribution in [0, 0.1) is 0 Å². The Kier molecular flexibility index (Phi) is 5.79. The number of nitrogens with zero attached hydrogens (tertiary/aromatic N) is 1. The van der Waals surface area contributed by atoms with Crippen LogP contribution >= 0.6 is 0 Å². The zero-order valence-electron chi connectivity index (χ0n) is 15.8. The van der Waals surface area contributed by atoms with Crippen LogP contribution in [0.15, 0.2) is 65.8 Å². The summed E-state index contributed by atoms with van der Waals surface area (Å²) in [7, 11) is -4.08. The molecule has 0 aliphatic carbocycles. The molecule has 29 heavy (non-hydrogen) atoms. The van der Waals surface area contributed by atoms with Crippen molar-refractivity contribution in [3.05, 3.63) is 66.5 Å². The summed E-state index contributed by atoms with van der Waals surface area (Å²) < 4.78 is 27.5. The third-order valence-corrected chi connectivity index (χ3v) is 5.37. The molecule has 1 heterocycles. The topological polar surface area (TPSA) is 117 Å². The number of aromatic nitrogens is 1. The molecule has 8 nitrogen and oxygen atoms in total. The molecule has 3 rings (SSSR count). The summed E-state index contributed by atoms with van der Waals surface area (Å²) in [6.45, 7) is 3.67. The third kappa shape index (κ3) is 4.88. The van der Waals surface area contributed by atoms with Crippen molar-refractivity contribution in [3.8, 4) is 0 Å². The van der Waals surface area contributed by atoms with Crippen molar-refractivity contribution in [2.75, 3.05) is 5.32 Å². The third-order valence-electron chi connectivity index (χ3n) is 3.98. The Morgan fingerprint density at radius 1 is 1.00 bits per heavy atom. The van der Waals surface area contributed by atoms with Gasteiger partial charge in [0.1, 0.15) is 0 Å². The van der Waals surface area contributed by atoms with E-state index < -0.39 is 15.9 Å². The number of benzene rings is 2. The molecule has 3 amide bonds. The van der Waals surface area contributed by atoms with Gasteiger partial charge in [-0.15, -0.1) is 0 Å². The highest BCUT2D eigenvalue weighted by Gasteiger charge is 2.21. The van der Waals surface area contributed by atoms with E-state index in [2.05, 4.69) is 20.3 Å². The molecule has 0 spiro atoms. The van der Waals surface area contributed by atoms with Crippen LogP contribution in [0.5, 0.6) is 0 Å². The van der Waals surface area contributed by atoms with Gasteiger partial charge in [-0.25, -0.2) is 17.9 Å². The van der Waals surface area contributed by atoms with Crippen molar-refractivity contribution in [1.82, 2.24) is 15.0 Å². The number of carbonyl (C=O) groups excluding carboxylic acids is 2. The zero-order valence-corrected chi connectivity index (χ0v) is 16.7. The van der Waals surface area contributed by atoms with Gasteiger partial charge in [0, 0.05) is 40.5 Å². The molecule has 0 unspecified atom stereocenters. The second-order valence-corrected chi connectivity index (χ2v) is 8.27. The Hall–Kier alpha value is -3.46. The SMILES string of the molecule is CC(C)NC(=O)Nc1ccc(C(=O)NS(=O)(=O)c2cccc3cnccc23)cc1. The van der Waals surface area contributed by atoms with E-state index in [0.717, 1.165) is 0 Å². The zero-order chi connectivity index (χ0) is 21.0. The van der Waals surface area contributed by atoms with E-state index in [9.17, 15) is 18.0 Å². The Balaban J connectivity index is 1.76. The smallest absolute Gasteiger partial charge is 0.319 e. The molecule has 9 heteroatoms. The van der Waals surface area contributed by atoms with Crippen molar-refractivity contribution >= 4 is 38.4 Å². The Morgan fingerprint density at radius 3 is 2.41 bits per heavy atom. The minimum absolute atomic E-state index is 0.00519. The quantitative estimate of drug-likeness (QED) is 0.596. The summed E-state index contributed by atoms with van der Waals surface area (Å²) in [4.78, 5) is 28.1. The number of pyridine rings is 1. The van der Waals surface area contributed by atoms with E-state index in [0.29, 0.717) is 16.5 Å². The van der Waals surface area contributed by atoms with Crippen LogP contribution in [-0.4, -0.2) is 31.4 Å². The summed E-state index contributed by atoms with van der Waals surface area (Å²) in [5, 5.41) is 6.43. The first-order valence-corrected chi connectivity index (χ1v) is 10.3. The number of fused-ring (bicyclic) bond motifs is 1. The van der Waals surface area contributed by atoms with Gasteiger partial charge in [-0.1, -0.05) is 12.1 Å². The molecule has 3 aromatic rings. The van der Waals surface area contributed by atoms with Gasteiger partial charge in [-0.2, -0.15) is 0 Å². The molecule has 2 aromatic carbocycles. The van der Waals surface area contributed by atoms with E-state index in [-0.39, 0.29) is 22.5 Å². The van der Waals surface area contributed by atoms with Crippen LogP contribution in [0.4, 0.5) is 10.5 Å². The van der Waals surface area contributed by atoms with Crippen LogP contribution in [-0.2, 0) is 10.0 Å². The molecule has 0 saturated heterocycles. The van der Waals surface area contributed by atoms with E-state index in [1.807, 2.05) is 13.8 Å². The van der Waals surface area contributed by atoms with E-state index in [4.69, 9.17) is 0 Å². The lowest BCUT2D eigenvalue weighted by Crippen LogP contribution is -2.34. The van der Waals surface area contributed by atoms with E-state index in [1.165, 1.54) is 36.5 Å². The molecule has 0 aliphatic heterocycles. The minimum atomic E-state index is -4.08. The van der Waals surface area contributed by atoms with Crippen molar-refractivity contribution in [3.63, 3.8) is 0 Å². The van der Waals surface area contributed by atoms with Gasteiger partial charge >= 0.3 is 6.03 Å². The fourth-order valence-electron chi connectivity index (χ4n) is 2.70. The van der Waals surface area contributed by atoms with Gasteiger partial charge in [0.2, 0.25) is 0 Å². The average molecular weight is 412 g/mol. The summed E-state index contributed by atoms with van der Waals surface area (Å²) in [6.07, 6.45) is 3.04. The Labute approximate surface area is 168 Å². The van der Waals surface area contributed by atoms with Crippen LogP contribution in [0.25, 0.3) is 10.8 Å². The number of rotatable bonds is 5. The molecule has 0 atom stereocenters. The first-order chi connectivity index (χ1) is 13.8. The van der Waals surface area contributed by atoms with Crippen LogP contribution in [0.2, 0.25) is 0 Å². The summed E-state index contributed by atoms with van der Waals surface area (Å²) in [6, 6.07) is 11.9. The fourth-order valence-corrected chi connectivity index (χ4v) is 3.90. The maximum Gasteiger partial charge on any atom is 0.319 e. The molecular formula is C20H20N4O4S. The lowest BCUT2D eigenvalue weighted by atomic mass is 10.2. The lowest BCUT2D eigenvalue weighted by molar-refractivity contribution is 0.0981. The molecule has 1 aromatic heterocycles. The van der Waals surface area contributed by atoms with Crippen molar-refractivity contribution in [2.24, 2.45) is 0 Å².